The van der Waals surface area contributed by atoms with Crippen LogP contribution in [0.25, 0.3) is 0 Å². The predicted octanol–water partition coefficient (Wildman–Crippen LogP) is 1.75. The second kappa shape index (κ2) is 5.52. The Morgan fingerprint density at radius 3 is 2.80 bits per heavy atom. The molecule has 0 fully saturated rings. The minimum absolute atomic E-state index is 0.0295. The van der Waals surface area contributed by atoms with Crippen LogP contribution in [0.3, 0.4) is 0 Å². The van der Waals surface area contributed by atoms with Gasteiger partial charge in [-0.1, -0.05) is 0 Å². The first-order chi connectivity index (χ1) is 9.49. The molecule has 0 saturated carbocycles. The smallest absolute Gasteiger partial charge is 0.339 e. The lowest BCUT2D eigenvalue weighted by Gasteiger charge is -2.03. The van der Waals surface area contributed by atoms with Gasteiger partial charge < -0.3 is 14.8 Å². The van der Waals surface area contributed by atoms with Gasteiger partial charge in [-0.2, -0.15) is 4.39 Å². The van der Waals surface area contributed by atoms with E-state index in [1.807, 2.05) is 0 Å². The van der Waals surface area contributed by atoms with Crippen LogP contribution in [0, 0.1) is 12.9 Å². The number of carbonyl (C=O) groups excluding carboxylic acids is 1. The number of aromatic nitrogens is 1. The number of furan rings is 1. The molecule has 0 aromatic carbocycles. The summed E-state index contributed by atoms with van der Waals surface area (Å²) < 4.78 is 18.5. The van der Waals surface area contributed by atoms with Gasteiger partial charge in [0.2, 0.25) is 5.95 Å². The van der Waals surface area contributed by atoms with Gasteiger partial charge in [-0.15, -0.1) is 0 Å². The lowest BCUT2D eigenvalue weighted by Crippen LogP contribution is -2.23. The monoisotopic (exact) mass is 278 g/mol. The second-order valence-electron chi connectivity index (χ2n) is 4.01. The van der Waals surface area contributed by atoms with Crippen LogP contribution in [-0.2, 0) is 6.54 Å². The van der Waals surface area contributed by atoms with E-state index in [-0.39, 0.29) is 29.2 Å². The average molecular weight is 278 g/mol. The van der Waals surface area contributed by atoms with Gasteiger partial charge in [0.15, 0.2) is 0 Å². The largest absolute Gasteiger partial charge is 0.478 e. The van der Waals surface area contributed by atoms with Crippen molar-refractivity contribution in [3.05, 3.63) is 53.0 Å². The summed E-state index contributed by atoms with van der Waals surface area (Å²) in [6.45, 7) is 1.47. The average Bonchev–Trinajstić information content (AvgIpc) is 2.78. The predicted molar refractivity (Wildman–Crippen MR) is 65.8 cm³/mol. The van der Waals surface area contributed by atoms with E-state index in [4.69, 9.17) is 9.52 Å². The van der Waals surface area contributed by atoms with Gasteiger partial charge in [-0.3, -0.25) is 4.79 Å². The molecule has 2 aromatic heterocycles. The highest BCUT2D eigenvalue weighted by atomic mass is 19.1. The molecule has 0 radical (unpaired) electrons. The van der Waals surface area contributed by atoms with Crippen molar-refractivity contribution in [1.82, 2.24) is 10.3 Å². The molecular formula is C13H11FN2O4. The number of pyridine rings is 1. The van der Waals surface area contributed by atoms with Crippen LogP contribution in [0.1, 0.15) is 32.2 Å². The molecule has 0 atom stereocenters. The Morgan fingerprint density at radius 1 is 1.45 bits per heavy atom. The molecule has 7 heteroatoms. The third-order valence-corrected chi connectivity index (χ3v) is 2.63. The van der Waals surface area contributed by atoms with Crippen LogP contribution >= 0.6 is 0 Å². The molecule has 1 amide bonds. The first kappa shape index (κ1) is 13.7. The minimum Gasteiger partial charge on any atom is -0.478 e. The van der Waals surface area contributed by atoms with E-state index in [2.05, 4.69) is 10.3 Å². The molecular weight excluding hydrogens is 267 g/mol. The maximum Gasteiger partial charge on any atom is 0.339 e. The number of hydrogen-bond donors (Lipinski definition) is 2. The van der Waals surface area contributed by atoms with Crippen molar-refractivity contribution in [2.45, 2.75) is 13.5 Å². The first-order valence-corrected chi connectivity index (χ1v) is 5.70. The summed E-state index contributed by atoms with van der Waals surface area (Å²) in [5.41, 5.74) is -0.156. The van der Waals surface area contributed by atoms with Gasteiger partial charge in [0.25, 0.3) is 5.91 Å². The van der Waals surface area contributed by atoms with Gasteiger partial charge >= 0.3 is 5.97 Å². The minimum atomic E-state index is -1.11. The van der Waals surface area contributed by atoms with Crippen LogP contribution in [-0.4, -0.2) is 22.0 Å². The summed E-state index contributed by atoms with van der Waals surface area (Å²) in [5.74, 6) is -2.11. The Morgan fingerprint density at radius 2 is 2.20 bits per heavy atom. The van der Waals surface area contributed by atoms with Crippen molar-refractivity contribution in [2.75, 3.05) is 0 Å². The highest BCUT2D eigenvalue weighted by molar-refractivity contribution is 5.94. The lowest BCUT2D eigenvalue weighted by molar-refractivity contribution is 0.0694. The van der Waals surface area contributed by atoms with Crippen molar-refractivity contribution >= 4 is 11.9 Å². The number of rotatable bonds is 4. The van der Waals surface area contributed by atoms with Gasteiger partial charge in [-0.05, 0) is 25.1 Å². The van der Waals surface area contributed by atoms with E-state index >= 15 is 0 Å². The third-order valence-electron chi connectivity index (χ3n) is 2.63. The summed E-state index contributed by atoms with van der Waals surface area (Å²) >= 11 is 0. The first-order valence-electron chi connectivity index (χ1n) is 5.70. The standard InChI is InChI=1S/C13H11FN2O4/c1-7-10(13(18)19)5-8(20-7)6-16-12(17)9-3-2-4-15-11(9)14/h2-5H,6H2,1H3,(H,16,17)(H,18,19). The Kier molecular flexibility index (Phi) is 3.79. The second-order valence-corrected chi connectivity index (χ2v) is 4.01. The molecule has 2 rings (SSSR count). The molecule has 0 saturated heterocycles. The van der Waals surface area contributed by atoms with E-state index in [0.717, 1.165) is 0 Å². The summed E-state index contributed by atoms with van der Waals surface area (Å²) in [5, 5.41) is 11.3. The summed E-state index contributed by atoms with van der Waals surface area (Å²) in [7, 11) is 0. The number of carboxylic acids is 1. The molecule has 20 heavy (non-hydrogen) atoms. The molecule has 0 aliphatic heterocycles. The molecule has 0 unspecified atom stereocenters. The van der Waals surface area contributed by atoms with Gasteiger partial charge in [-0.25, -0.2) is 9.78 Å². The highest BCUT2D eigenvalue weighted by Crippen LogP contribution is 2.14. The maximum absolute atomic E-state index is 13.3. The SMILES string of the molecule is Cc1oc(CNC(=O)c2cccnc2F)cc1C(=O)O. The van der Waals surface area contributed by atoms with Crippen molar-refractivity contribution in [1.29, 1.82) is 0 Å². The number of carbonyl (C=O) groups is 2. The Balaban J connectivity index is 2.06. The Labute approximate surface area is 113 Å². The van der Waals surface area contributed by atoms with Crippen LogP contribution in [0.2, 0.25) is 0 Å². The zero-order chi connectivity index (χ0) is 14.7. The molecule has 104 valence electrons. The van der Waals surface area contributed by atoms with E-state index in [0.29, 0.717) is 0 Å². The number of aromatic carboxylic acids is 1. The fraction of sp³-hybridized carbons (Fsp3) is 0.154. The fourth-order valence-electron chi connectivity index (χ4n) is 1.66. The summed E-state index contributed by atoms with van der Waals surface area (Å²) in [4.78, 5) is 25.9. The van der Waals surface area contributed by atoms with Crippen LogP contribution in [0.5, 0.6) is 0 Å². The van der Waals surface area contributed by atoms with Crippen molar-refractivity contribution < 1.29 is 23.5 Å². The maximum atomic E-state index is 13.3. The van der Waals surface area contributed by atoms with E-state index < -0.39 is 17.8 Å². The summed E-state index contributed by atoms with van der Waals surface area (Å²) in [6.07, 6.45) is 1.24. The highest BCUT2D eigenvalue weighted by Gasteiger charge is 2.16. The normalized spacial score (nSPS) is 10.3. The number of halogens is 1. The number of amides is 1. The molecule has 0 bridgehead atoms. The molecule has 2 aromatic rings. The van der Waals surface area contributed by atoms with Crippen LogP contribution in [0.15, 0.2) is 28.8 Å². The number of aryl methyl sites for hydroxylation is 1. The van der Waals surface area contributed by atoms with Gasteiger partial charge in [0.05, 0.1) is 12.1 Å². The summed E-state index contributed by atoms with van der Waals surface area (Å²) in [6, 6.07) is 4.06. The fourth-order valence-corrected chi connectivity index (χ4v) is 1.66. The number of carboxylic acid groups (broad SMARTS) is 1. The molecule has 6 nitrogen and oxygen atoms in total. The van der Waals surface area contributed by atoms with Gasteiger partial charge in [0.1, 0.15) is 17.1 Å². The van der Waals surface area contributed by atoms with Crippen molar-refractivity contribution in [3.8, 4) is 0 Å². The van der Waals surface area contributed by atoms with E-state index in [9.17, 15) is 14.0 Å². The third kappa shape index (κ3) is 2.82. The van der Waals surface area contributed by atoms with E-state index in [1.54, 1.807) is 0 Å². The van der Waals surface area contributed by atoms with Crippen molar-refractivity contribution in [3.63, 3.8) is 0 Å². The topological polar surface area (TPSA) is 92.4 Å². The molecule has 0 aliphatic carbocycles. The quantitative estimate of drug-likeness (QED) is 0.831. The number of nitrogens with zero attached hydrogens (tertiary/aromatic N) is 1. The molecule has 0 aliphatic rings. The molecule has 2 N–H and O–H groups in total. The van der Waals surface area contributed by atoms with E-state index in [1.165, 1.54) is 31.3 Å². The Bertz CT molecular complexity index is 666. The van der Waals surface area contributed by atoms with Crippen LogP contribution < -0.4 is 5.32 Å². The zero-order valence-electron chi connectivity index (χ0n) is 10.5. The molecule has 2 heterocycles. The number of nitrogens with one attached hydrogen (secondary N) is 1. The molecule has 0 spiro atoms. The Hall–Kier alpha value is -2.70. The van der Waals surface area contributed by atoms with Gasteiger partial charge in [0, 0.05) is 6.20 Å². The number of hydrogen-bond acceptors (Lipinski definition) is 4. The lowest BCUT2D eigenvalue weighted by atomic mass is 10.2. The van der Waals surface area contributed by atoms with Crippen LogP contribution in [0.4, 0.5) is 4.39 Å². The van der Waals surface area contributed by atoms with Crippen molar-refractivity contribution in [2.24, 2.45) is 0 Å². The zero-order valence-corrected chi connectivity index (χ0v) is 10.5.